The highest BCUT2D eigenvalue weighted by Gasteiger charge is 2.16. The van der Waals surface area contributed by atoms with Crippen LogP contribution in [-0.4, -0.2) is 24.2 Å². The zero-order valence-electron chi connectivity index (χ0n) is 16.3. The number of halogens is 1. The number of rotatable bonds is 6. The smallest absolute Gasteiger partial charge is 0.144 e. The van der Waals surface area contributed by atoms with E-state index >= 15 is 0 Å². The minimum atomic E-state index is 0.481. The van der Waals surface area contributed by atoms with Gasteiger partial charge in [-0.1, -0.05) is 42.8 Å². The molecule has 2 heterocycles. The number of nitrogens with one attached hydrogen (secondary N) is 1. The summed E-state index contributed by atoms with van der Waals surface area (Å²) in [4.78, 5) is 9.86. The van der Waals surface area contributed by atoms with Crippen molar-refractivity contribution in [3.63, 3.8) is 0 Å². The van der Waals surface area contributed by atoms with E-state index in [9.17, 15) is 0 Å². The third-order valence-corrected chi connectivity index (χ3v) is 5.95. The van der Waals surface area contributed by atoms with Crippen LogP contribution in [0.5, 0.6) is 11.5 Å². The number of hydrogen-bond donors (Lipinski definition) is 1. The fourth-order valence-electron chi connectivity index (χ4n) is 3.19. The van der Waals surface area contributed by atoms with Crippen molar-refractivity contribution in [1.82, 2.24) is 9.97 Å². The topological polar surface area (TPSA) is 56.3 Å². The predicted octanol–water partition coefficient (Wildman–Crippen LogP) is 6.33. The lowest BCUT2D eigenvalue weighted by Crippen LogP contribution is -1.99. The lowest BCUT2D eigenvalue weighted by atomic mass is 10.0. The van der Waals surface area contributed by atoms with E-state index in [0.717, 1.165) is 27.8 Å². The van der Waals surface area contributed by atoms with Crippen LogP contribution in [0.15, 0.2) is 48.1 Å². The van der Waals surface area contributed by atoms with Crippen molar-refractivity contribution in [2.45, 2.75) is 13.3 Å². The minimum absolute atomic E-state index is 0.481. The maximum absolute atomic E-state index is 6.23. The predicted molar refractivity (Wildman–Crippen MR) is 120 cm³/mol. The van der Waals surface area contributed by atoms with Gasteiger partial charge in [0.15, 0.2) is 0 Å². The van der Waals surface area contributed by atoms with Gasteiger partial charge in [0.05, 0.1) is 30.3 Å². The van der Waals surface area contributed by atoms with Crippen molar-refractivity contribution >= 4 is 44.7 Å². The summed E-state index contributed by atoms with van der Waals surface area (Å²) >= 11 is 7.83. The van der Waals surface area contributed by atoms with Crippen LogP contribution < -0.4 is 14.8 Å². The molecule has 29 heavy (non-hydrogen) atoms. The van der Waals surface area contributed by atoms with Crippen LogP contribution in [0.4, 0.5) is 11.5 Å². The summed E-state index contributed by atoms with van der Waals surface area (Å²) in [5, 5.41) is 6.95. The number of benzene rings is 2. The Morgan fingerprint density at radius 3 is 2.48 bits per heavy atom. The zero-order valence-corrected chi connectivity index (χ0v) is 17.9. The van der Waals surface area contributed by atoms with Crippen LogP contribution in [0.2, 0.25) is 5.02 Å². The molecule has 0 aliphatic heterocycles. The number of methoxy groups -OCH3 is 2. The van der Waals surface area contributed by atoms with Crippen LogP contribution in [0, 0.1) is 0 Å². The van der Waals surface area contributed by atoms with Gasteiger partial charge in [-0.2, -0.15) is 0 Å². The largest absolute Gasteiger partial charge is 0.495 e. The van der Waals surface area contributed by atoms with E-state index in [1.165, 1.54) is 5.56 Å². The summed E-state index contributed by atoms with van der Waals surface area (Å²) in [7, 11) is 3.18. The average Bonchev–Trinajstić information content (AvgIpc) is 3.20. The number of thiophene rings is 1. The van der Waals surface area contributed by atoms with Gasteiger partial charge in [0.2, 0.25) is 0 Å². The Morgan fingerprint density at radius 1 is 1.03 bits per heavy atom. The summed E-state index contributed by atoms with van der Waals surface area (Å²) in [6.07, 6.45) is 2.57. The van der Waals surface area contributed by atoms with Crippen molar-refractivity contribution in [2.75, 3.05) is 19.5 Å². The van der Waals surface area contributed by atoms with Gasteiger partial charge in [0.25, 0.3) is 0 Å². The molecule has 5 nitrogen and oxygen atoms in total. The molecule has 0 unspecified atom stereocenters. The van der Waals surface area contributed by atoms with Crippen molar-refractivity contribution in [3.05, 3.63) is 58.7 Å². The number of aryl methyl sites for hydroxylation is 1. The average molecular weight is 426 g/mol. The Balaban J connectivity index is 1.82. The summed E-state index contributed by atoms with van der Waals surface area (Å²) < 4.78 is 10.8. The molecule has 1 N–H and O–H groups in total. The Labute approximate surface area is 178 Å². The van der Waals surface area contributed by atoms with Crippen molar-refractivity contribution < 1.29 is 9.47 Å². The number of ether oxygens (including phenoxy) is 2. The molecule has 0 radical (unpaired) electrons. The van der Waals surface area contributed by atoms with Gasteiger partial charge in [0.1, 0.15) is 28.5 Å². The van der Waals surface area contributed by atoms with Gasteiger partial charge in [-0.05, 0) is 17.5 Å². The Hall–Kier alpha value is -2.83. The lowest BCUT2D eigenvalue weighted by molar-refractivity contribution is 0.405. The molecule has 0 saturated carbocycles. The lowest BCUT2D eigenvalue weighted by Gasteiger charge is -2.14. The van der Waals surface area contributed by atoms with Gasteiger partial charge < -0.3 is 14.8 Å². The van der Waals surface area contributed by atoms with E-state index in [1.54, 1.807) is 44.0 Å². The second-order valence-electron chi connectivity index (χ2n) is 6.41. The van der Waals surface area contributed by atoms with Crippen LogP contribution in [0.25, 0.3) is 21.3 Å². The molecule has 0 amide bonds. The maximum atomic E-state index is 6.23. The molecular formula is C22H20ClN3O2S. The summed E-state index contributed by atoms with van der Waals surface area (Å²) in [5.74, 6) is 1.86. The van der Waals surface area contributed by atoms with Gasteiger partial charge in [-0.25, -0.2) is 9.97 Å². The standard InChI is InChI=1S/C22H20ClN3O2S/c1-4-13-5-7-14(8-6-13)15-11-29-22-20(15)21(24-12-25-22)26-17-10-18(27-2)16(23)9-19(17)28-3/h5-12H,4H2,1-3H3,(H,24,25,26). The Bertz CT molecular complexity index is 1160. The van der Waals surface area contributed by atoms with Crippen molar-refractivity contribution in [1.29, 1.82) is 0 Å². The highest BCUT2D eigenvalue weighted by molar-refractivity contribution is 7.17. The molecule has 7 heteroatoms. The van der Waals surface area contributed by atoms with Crippen LogP contribution in [-0.2, 0) is 6.42 Å². The zero-order chi connectivity index (χ0) is 20.4. The molecule has 4 rings (SSSR count). The number of hydrogen-bond acceptors (Lipinski definition) is 6. The molecule has 0 aliphatic rings. The normalized spacial score (nSPS) is 10.9. The molecule has 148 valence electrons. The Kier molecular flexibility index (Phi) is 5.56. The van der Waals surface area contributed by atoms with E-state index in [-0.39, 0.29) is 0 Å². The van der Waals surface area contributed by atoms with Gasteiger partial charge in [-0.15, -0.1) is 11.3 Å². The number of nitrogens with zero attached hydrogens (tertiary/aromatic N) is 2. The molecule has 0 bridgehead atoms. The first-order valence-corrected chi connectivity index (χ1v) is 10.4. The molecule has 2 aromatic carbocycles. The first-order valence-electron chi connectivity index (χ1n) is 9.14. The summed E-state index contributed by atoms with van der Waals surface area (Å²) in [6, 6.07) is 12.1. The molecular weight excluding hydrogens is 406 g/mol. The quantitative estimate of drug-likeness (QED) is 0.391. The Morgan fingerprint density at radius 2 is 1.79 bits per heavy atom. The van der Waals surface area contributed by atoms with Crippen LogP contribution >= 0.6 is 22.9 Å². The number of anilines is 2. The number of fused-ring (bicyclic) bond motifs is 1. The highest BCUT2D eigenvalue weighted by Crippen LogP contribution is 2.41. The van der Waals surface area contributed by atoms with Crippen molar-refractivity contribution in [3.8, 4) is 22.6 Å². The van der Waals surface area contributed by atoms with Crippen molar-refractivity contribution in [2.24, 2.45) is 0 Å². The highest BCUT2D eigenvalue weighted by atomic mass is 35.5. The third-order valence-electron chi connectivity index (χ3n) is 4.77. The molecule has 0 aliphatic carbocycles. The molecule has 0 fully saturated rings. The van der Waals surface area contributed by atoms with E-state index in [1.807, 2.05) is 0 Å². The van der Waals surface area contributed by atoms with Crippen LogP contribution in [0.3, 0.4) is 0 Å². The van der Waals surface area contributed by atoms with E-state index in [4.69, 9.17) is 21.1 Å². The number of aromatic nitrogens is 2. The second kappa shape index (κ2) is 8.27. The van der Waals surface area contributed by atoms with E-state index < -0.39 is 0 Å². The first-order chi connectivity index (χ1) is 14.1. The summed E-state index contributed by atoms with van der Waals surface area (Å²) in [5.41, 5.74) is 4.25. The second-order valence-corrected chi connectivity index (χ2v) is 7.68. The molecule has 0 atom stereocenters. The first kappa shape index (κ1) is 19.5. The van der Waals surface area contributed by atoms with Gasteiger partial charge in [0, 0.05) is 23.1 Å². The summed E-state index contributed by atoms with van der Waals surface area (Å²) in [6.45, 7) is 2.15. The fourth-order valence-corrected chi connectivity index (χ4v) is 4.33. The molecule has 0 spiro atoms. The molecule has 4 aromatic rings. The monoisotopic (exact) mass is 425 g/mol. The third kappa shape index (κ3) is 3.73. The van der Waals surface area contributed by atoms with E-state index in [0.29, 0.717) is 28.0 Å². The van der Waals surface area contributed by atoms with Crippen LogP contribution in [0.1, 0.15) is 12.5 Å². The van der Waals surface area contributed by atoms with Gasteiger partial charge in [-0.3, -0.25) is 0 Å². The van der Waals surface area contributed by atoms with E-state index in [2.05, 4.69) is 51.9 Å². The van der Waals surface area contributed by atoms with Gasteiger partial charge >= 0.3 is 0 Å². The minimum Gasteiger partial charge on any atom is -0.495 e. The maximum Gasteiger partial charge on any atom is 0.144 e. The fraction of sp³-hybridized carbons (Fsp3) is 0.182. The molecule has 0 saturated heterocycles. The molecule has 2 aromatic heterocycles. The SMILES string of the molecule is CCc1ccc(-c2csc3ncnc(Nc4cc(OC)c(Cl)cc4OC)c23)cc1.